The number of hydrogen-bond donors (Lipinski definition) is 0. The van der Waals surface area contributed by atoms with Crippen LogP contribution in [0.25, 0.3) is 0 Å². The number of thiophene rings is 1. The second-order valence-corrected chi connectivity index (χ2v) is 11.1. The monoisotopic (exact) mass is 487 g/mol. The van der Waals surface area contributed by atoms with E-state index >= 15 is 0 Å². The number of alkyl halides is 3. The van der Waals surface area contributed by atoms with E-state index in [1.54, 1.807) is 28.5 Å². The zero-order chi connectivity index (χ0) is 22.9. The highest BCUT2D eigenvalue weighted by molar-refractivity contribution is 7.91. The highest BCUT2D eigenvalue weighted by Gasteiger charge is 2.36. The third-order valence-electron chi connectivity index (χ3n) is 5.95. The van der Waals surface area contributed by atoms with Crippen molar-refractivity contribution in [3.63, 3.8) is 0 Å². The smallest absolute Gasteiger partial charge is 0.368 e. The topological polar surface area (TPSA) is 60.9 Å². The second-order valence-electron chi connectivity index (χ2n) is 7.99. The zero-order valence-electron chi connectivity index (χ0n) is 17.3. The molecular formula is C21H24F3N3O3S2. The number of hydrogen-bond acceptors (Lipinski definition) is 5. The molecule has 0 radical (unpaired) electrons. The van der Waals surface area contributed by atoms with Crippen molar-refractivity contribution in [3.8, 4) is 0 Å². The average molecular weight is 488 g/mol. The van der Waals surface area contributed by atoms with Crippen LogP contribution in [0.15, 0.2) is 46.0 Å². The first-order chi connectivity index (χ1) is 15.2. The SMILES string of the molecule is O=C([C@@H]1CCCN(S(=O)(=O)c2cccs2)C1)N1CCN(c2cccc(C(F)(F)F)c2)CC1. The van der Waals surface area contributed by atoms with Gasteiger partial charge in [0.25, 0.3) is 10.0 Å². The molecule has 6 nitrogen and oxygen atoms in total. The number of carbonyl (C=O) groups excluding carboxylic acids is 1. The maximum atomic E-state index is 13.1. The largest absolute Gasteiger partial charge is 0.416 e. The van der Waals surface area contributed by atoms with Crippen LogP contribution in [-0.4, -0.2) is 62.8 Å². The van der Waals surface area contributed by atoms with Crippen LogP contribution < -0.4 is 4.90 Å². The molecule has 0 unspecified atom stereocenters. The lowest BCUT2D eigenvalue weighted by Crippen LogP contribution is -2.53. The summed E-state index contributed by atoms with van der Waals surface area (Å²) in [4.78, 5) is 16.6. The summed E-state index contributed by atoms with van der Waals surface area (Å²) in [5, 5.41) is 1.71. The van der Waals surface area contributed by atoms with E-state index in [9.17, 15) is 26.4 Å². The number of rotatable bonds is 4. The lowest BCUT2D eigenvalue weighted by Gasteiger charge is -2.39. The van der Waals surface area contributed by atoms with Crippen LogP contribution in [-0.2, 0) is 21.0 Å². The molecule has 1 atom stereocenters. The molecular weight excluding hydrogens is 463 g/mol. The number of anilines is 1. The highest BCUT2D eigenvalue weighted by Crippen LogP contribution is 2.32. The molecule has 32 heavy (non-hydrogen) atoms. The molecule has 2 saturated heterocycles. The molecule has 1 amide bonds. The molecule has 0 saturated carbocycles. The number of amides is 1. The minimum absolute atomic E-state index is 0.0835. The second kappa shape index (κ2) is 9.03. The van der Waals surface area contributed by atoms with Gasteiger partial charge in [-0.2, -0.15) is 17.5 Å². The van der Waals surface area contributed by atoms with E-state index in [-0.39, 0.29) is 16.7 Å². The molecule has 11 heteroatoms. The number of halogens is 3. The zero-order valence-corrected chi connectivity index (χ0v) is 18.9. The third kappa shape index (κ3) is 4.79. The van der Waals surface area contributed by atoms with E-state index in [4.69, 9.17) is 0 Å². The Balaban J connectivity index is 1.37. The third-order valence-corrected chi connectivity index (χ3v) is 9.19. The van der Waals surface area contributed by atoms with Crippen LogP contribution in [0.4, 0.5) is 18.9 Å². The molecule has 2 aliphatic heterocycles. The number of piperazine rings is 1. The molecule has 0 N–H and O–H groups in total. The summed E-state index contributed by atoms with van der Waals surface area (Å²) < 4.78 is 66.3. The molecule has 2 fully saturated rings. The lowest BCUT2D eigenvalue weighted by molar-refractivity contribution is -0.137. The predicted octanol–water partition coefficient (Wildman–Crippen LogP) is 3.52. The summed E-state index contributed by atoms with van der Waals surface area (Å²) >= 11 is 1.16. The molecule has 1 aromatic heterocycles. The van der Waals surface area contributed by atoms with Crippen molar-refractivity contribution < 1.29 is 26.4 Å². The van der Waals surface area contributed by atoms with Crippen molar-refractivity contribution >= 4 is 33.0 Å². The van der Waals surface area contributed by atoms with Crippen molar-refractivity contribution in [1.29, 1.82) is 0 Å². The Morgan fingerprint density at radius 2 is 1.78 bits per heavy atom. The van der Waals surface area contributed by atoms with Gasteiger partial charge in [0.15, 0.2) is 0 Å². The van der Waals surface area contributed by atoms with Gasteiger partial charge in [-0.1, -0.05) is 12.1 Å². The summed E-state index contributed by atoms with van der Waals surface area (Å²) in [7, 11) is -3.60. The van der Waals surface area contributed by atoms with Crippen molar-refractivity contribution in [1.82, 2.24) is 9.21 Å². The maximum absolute atomic E-state index is 13.1. The maximum Gasteiger partial charge on any atom is 0.416 e. The van der Waals surface area contributed by atoms with Crippen molar-refractivity contribution in [2.24, 2.45) is 5.92 Å². The first-order valence-corrected chi connectivity index (χ1v) is 12.7. The first kappa shape index (κ1) is 23.1. The fourth-order valence-corrected chi connectivity index (χ4v) is 6.89. The summed E-state index contributed by atoms with van der Waals surface area (Å²) in [6.45, 7) is 2.20. The van der Waals surface area contributed by atoms with Gasteiger partial charge in [-0.05, 0) is 42.5 Å². The summed E-state index contributed by atoms with van der Waals surface area (Å²) in [5.74, 6) is -0.488. The quantitative estimate of drug-likeness (QED) is 0.662. The first-order valence-electron chi connectivity index (χ1n) is 10.4. The summed E-state index contributed by atoms with van der Waals surface area (Å²) in [6, 6.07) is 8.46. The van der Waals surface area contributed by atoms with Gasteiger partial charge in [0.2, 0.25) is 5.91 Å². The Morgan fingerprint density at radius 3 is 2.44 bits per heavy atom. The Morgan fingerprint density at radius 1 is 1.03 bits per heavy atom. The van der Waals surface area contributed by atoms with E-state index in [1.807, 2.05) is 4.90 Å². The van der Waals surface area contributed by atoms with E-state index in [1.165, 1.54) is 10.4 Å². The number of piperidine rings is 1. The van der Waals surface area contributed by atoms with Gasteiger partial charge in [-0.15, -0.1) is 11.3 Å². The molecule has 4 rings (SSSR count). The van der Waals surface area contributed by atoms with E-state index in [2.05, 4.69) is 0 Å². The number of nitrogens with zero attached hydrogens (tertiary/aromatic N) is 3. The summed E-state index contributed by atoms with van der Waals surface area (Å²) in [6.07, 6.45) is -3.15. The van der Waals surface area contributed by atoms with Gasteiger partial charge in [0.1, 0.15) is 4.21 Å². The molecule has 0 bridgehead atoms. The Bertz CT molecular complexity index is 1050. The standard InChI is InChI=1S/C21H24F3N3O3S2/c22-21(23,24)17-5-1-6-18(14-17)25-9-11-26(12-10-25)20(28)16-4-2-8-27(15-16)32(29,30)19-7-3-13-31-19/h1,3,5-7,13-14,16H,2,4,8-12,15H2/t16-/m1/s1. The minimum Gasteiger partial charge on any atom is -0.368 e. The molecule has 0 aliphatic carbocycles. The number of carbonyl (C=O) groups is 1. The Labute approximate surface area is 189 Å². The Kier molecular flexibility index (Phi) is 6.51. The van der Waals surface area contributed by atoms with Gasteiger partial charge >= 0.3 is 6.18 Å². The molecule has 0 spiro atoms. The fraction of sp³-hybridized carbons (Fsp3) is 0.476. The lowest BCUT2D eigenvalue weighted by atomic mass is 9.97. The van der Waals surface area contributed by atoms with Gasteiger partial charge in [0, 0.05) is 45.0 Å². The van der Waals surface area contributed by atoms with E-state index in [0.717, 1.165) is 23.5 Å². The van der Waals surface area contributed by atoms with Crippen LogP contribution >= 0.6 is 11.3 Å². The van der Waals surface area contributed by atoms with Crippen LogP contribution in [0.2, 0.25) is 0 Å². The van der Waals surface area contributed by atoms with Crippen LogP contribution in [0.5, 0.6) is 0 Å². The number of benzene rings is 1. The van der Waals surface area contributed by atoms with E-state index < -0.39 is 27.7 Å². The average Bonchev–Trinajstić information content (AvgIpc) is 3.34. The van der Waals surface area contributed by atoms with Gasteiger partial charge in [0.05, 0.1) is 11.5 Å². The van der Waals surface area contributed by atoms with Crippen molar-refractivity contribution in [3.05, 3.63) is 47.3 Å². The highest BCUT2D eigenvalue weighted by atomic mass is 32.2. The molecule has 1 aromatic carbocycles. The molecule has 2 aromatic rings. The normalized spacial score (nSPS) is 21.0. The van der Waals surface area contributed by atoms with Crippen LogP contribution in [0, 0.1) is 5.92 Å². The fourth-order valence-electron chi connectivity index (χ4n) is 4.22. The van der Waals surface area contributed by atoms with Crippen LogP contribution in [0.1, 0.15) is 18.4 Å². The van der Waals surface area contributed by atoms with Gasteiger partial charge < -0.3 is 9.80 Å². The Hall–Kier alpha value is -2.11. The minimum atomic E-state index is -4.40. The van der Waals surface area contributed by atoms with Gasteiger partial charge in [-0.25, -0.2) is 8.42 Å². The van der Waals surface area contributed by atoms with Crippen molar-refractivity contribution in [2.75, 3.05) is 44.2 Å². The summed E-state index contributed by atoms with van der Waals surface area (Å²) in [5.41, 5.74) is -0.208. The molecule has 2 aliphatic rings. The molecule has 174 valence electrons. The van der Waals surface area contributed by atoms with Gasteiger partial charge in [-0.3, -0.25) is 4.79 Å². The predicted molar refractivity (Wildman–Crippen MR) is 116 cm³/mol. The van der Waals surface area contributed by atoms with Crippen LogP contribution in [0.3, 0.4) is 0 Å². The molecule has 3 heterocycles. The van der Waals surface area contributed by atoms with Crippen molar-refractivity contribution in [2.45, 2.75) is 23.2 Å². The van der Waals surface area contributed by atoms with E-state index in [0.29, 0.717) is 51.3 Å². The number of sulfonamides is 1.